The van der Waals surface area contributed by atoms with Crippen LogP contribution in [-0.4, -0.2) is 9.38 Å². The Morgan fingerprint density at radius 1 is 0.633 bits per heavy atom. The summed E-state index contributed by atoms with van der Waals surface area (Å²) >= 11 is 0. The van der Waals surface area contributed by atoms with Crippen molar-refractivity contribution in [2.45, 2.75) is 6.92 Å². The van der Waals surface area contributed by atoms with Gasteiger partial charge in [0.1, 0.15) is 5.65 Å². The Morgan fingerprint density at radius 3 is 2.07 bits per heavy atom. The molecule has 0 bridgehead atoms. The molecule has 4 aromatic carbocycles. The van der Waals surface area contributed by atoms with Crippen LogP contribution in [0, 0.1) is 6.92 Å². The smallest absolute Gasteiger partial charge is 0.146 e. The molecule has 2 nitrogen and oxygen atoms in total. The average molecular weight is 384 g/mol. The van der Waals surface area contributed by atoms with Crippen molar-refractivity contribution >= 4 is 27.5 Å². The molecule has 2 aromatic heterocycles. The highest BCUT2D eigenvalue weighted by Gasteiger charge is 2.20. The predicted molar refractivity (Wildman–Crippen MR) is 126 cm³/mol. The number of nitrogens with zero attached hydrogens (tertiary/aromatic N) is 2. The molecule has 0 spiro atoms. The van der Waals surface area contributed by atoms with Gasteiger partial charge in [-0.3, -0.25) is 4.40 Å². The van der Waals surface area contributed by atoms with E-state index in [0.717, 1.165) is 16.7 Å². The van der Waals surface area contributed by atoms with Crippen molar-refractivity contribution in [3.63, 3.8) is 0 Å². The van der Waals surface area contributed by atoms with E-state index in [-0.39, 0.29) is 0 Å². The van der Waals surface area contributed by atoms with Crippen molar-refractivity contribution < 1.29 is 0 Å². The molecule has 0 aliphatic carbocycles. The van der Waals surface area contributed by atoms with Gasteiger partial charge in [-0.2, -0.15) is 0 Å². The lowest BCUT2D eigenvalue weighted by Gasteiger charge is -2.18. The second kappa shape index (κ2) is 6.57. The fourth-order valence-electron chi connectivity index (χ4n) is 4.50. The number of hydrogen-bond donors (Lipinski definition) is 0. The molecule has 0 atom stereocenters. The first-order chi connectivity index (χ1) is 14.8. The number of hydrogen-bond acceptors (Lipinski definition) is 1. The maximum atomic E-state index is 5.06. The fraction of sp³-hybridized carbons (Fsp3) is 0.0357. The summed E-state index contributed by atoms with van der Waals surface area (Å²) in [5.41, 5.74) is 9.23. The minimum atomic E-state index is 1.00. The van der Waals surface area contributed by atoms with Crippen molar-refractivity contribution in [3.8, 4) is 22.4 Å². The molecule has 0 N–H and O–H groups in total. The van der Waals surface area contributed by atoms with Crippen molar-refractivity contribution in [3.05, 3.63) is 109 Å². The first kappa shape index (κ1) is 17.0. The molecular formula is C28H20N2. The van der Waals surface area contributed by atoms with Crippen molar-refractivity contribution in [2.24, 2.45) is 0 Å². The van der Waals surface area contributed by atoms with E-state index in [1.165, 1.54) is 38.7 Å². The maximum absolute atomic E-state index is 5.06. The Labute approximate surface area is 175 Å². The van der Waals surface area contributed by atoms with E-state index in [9.17, 15) is 0 Å². The molecule has 0 fully saturated rings. The first-order valence-electron chi connectivity index (χ1n) is 10.3. The van der Waals surface area contributed by atoms with Crippen LogP contribution in [0.4, 0.5) is 0 Å². The number of rotatable bonds is 2. The molecule has 0 amide bonds. The number of aromatic nitrogens is 2. The van der Waals surface area contributed by atoms with Gasteiger partial charge in [0, 0.05) is 10.9 Å². The van der Waals surface area contributed by atoms with E-state index in [1.54, 1.807) is 0 Å². The third-order valence-electron chi connectivity index (χ3n) is 5.82. The quantitative estimate of drug-likeness (QED) is 0.306. The summed E-state index contributed by atoms with van der Waals surface area (Å²) in [4.78, 5) is 5.06. The van der Waals surface area contributed by atoms with E-state index in [0.29, 0.717) is 0 Å². The lowest BCUT2D eigenvalue weighted by Crippen LogP contribution is -1.99. The molecule has 0 aliphatic rings. The Morgan fingerprint density at radius 2 is 1.30 bits per heavy atom. The molecule has 6 aromatic rings. The summed E-state index contributed by atoms with van der Waals surface area (Å²) in [7, 11) is 0. The van der Waals surface area contributed by atoms with Crippen LogP contribution in [0.15, 0.2) is 103 Å². The first-order valence-corrected chi connectivity index (χ1v) is 10.3. The van der Waals surface area contributed by atoms with Crippen molar-refractivity contribution in [1.29, 1.82) is 0 Å². The summed E-state index contributed by atoms with van der Waals surface area (Å²) in [6.07, 6.45) is 0. The highest BCUT2D eigenvalue weighted by molar-refractivity contribution is 6.11. The number of para-hydroxylation sites is 2. The molecule has 0 aliphatic heterocycles. The second-order valence-electron chi connectivity index (χ2n) is 7.76. The summed E-state index contributed by atoms with van der Waals surface area (Å²) < 4.78 is 2.34. The van der Waals surface area contributed by atoms with Gasteiger partial charge < -0.3 is 0 Å². The van der Waals surface area contributed by atoms with Gasteiger partial charge >= 0.3 is 0 Å². The topological polar surface area (TPSA) is 17.3 Å². The molecule has 2 heterocycles. The van der Waals surface area contributed by atoms with Crippen LogP contribution in [-0.2, 0) is 0 Å². The number of imidazole rings is 1. The van der Waals surface area contributed by atoms with Crippen LogP contribution >= 0.6 is 0 Å². The van der Waals surface area contributed by atoms with Gasteiger partial charge in [0.25, 0.3) is 0 Å². The van der Waals surface area contributed by atoms with Gasteiger partial charge in [-0.15, -0.1) is 0 Å². The van der Waals surface area contributed by atoms with Crippen LogP contribution in [0.3, 0.4) is 0 Å². The minimum absolute atomic E-state index is 1.00. The van der Waals surface area contributed by atoms with Crippen LogP contribution in [0.25, 0.3) is 49.8 Å². The highest BCUT2D eigenvalue weighted by Crippen LogP contribution is 2.41. The largest absolute Gasteiger partial charge is 0.291 e. The lowest BCUT2D eigenvalue weighted by atomic mass is 9.93. The summed E-state index contributed by atoms with van der Waals surface area (Å²) in [6, 6.07) is 36.5. The third-order valence-corrected chi connectivity index (χ3v) is 5.82. The van der Waals surface area contributed by atoms with Crippen LogP contribution in [0.1, 0.15) is 5.56 Å². The zero-order valence-corrected chi connectivity index (χ0v) is 16.7. The Balaban J connectivity index is 1.95. The number of aryl methyl sites for hydroxylation is 1. The maximum Gasteiger partial charge on any atom is 0.146 e. The molecule has 0 radical (unpaired) electrons. The zero-order chi connectivity index (χ0) is 20.1. The van der Waals surface area contributed by atoms with Crippen molar-refractivity contribution in [2.75, 3.05) is 0 Å². The fourth-order valence-corrected chi connectivity index (χ4v) is 4.50. The Kier molecular flexibility index (Phi) is 3.72. The SMILES string of the molecule is Cc1ccc2c(c1)c(-c1ccccc1)c(-c1ccccc1)n1c3ccccc3nc21. The standard InChI is InChI=1S/C28H20N2/c1-19-16-17-22-23(18-19)26(20-10-4-2-5-11-20)27(21-12-6-3-7-13-21)30-25-15-9-8-14-24(25)29-28(22)30/h2-18H,1H3. The monoisotopic (exact) mass is 384 g/mol. The summed E-state index contributed by atoms with van der Waals surface area (Å²) in [6.45, 7) is 2.16. The van der Waals surface area contributed by atoms with Gasteiger partial charge in [0.2, 0.25) is 0 Å². The van der Waals surface area contributed by atoms with Gasteiger partial charge in [-0.05, 0) is 35.6 Å². The second-order valence-corrected chi connectivity index (χ2v) is 7.76. The third kappa shape index (κ3) is 2.47. The molecule has 6 rings (SSSR count). The minimum Gasteiger partial charge on any atom is -0.291 e. The molecule has 142 valence electrons. The van der Waals surface area contributed by atoms with E-state index in [4.69, 9.17) is 4.98 Å². The molecular weight excluding hydrogens is 364 g/mol. The van der Waals surface area contributed by atoms with Crippen LogP contribution in [0.5, 0.6) is 0 Å². The van der Waals surface area contributed by atoms with Crippen LogP contribution in [0.2, 0.25) is 0 Å². The van der Waals surface area contributed by atoms with Crippen molar-refractivity contribution in [1.82, 2.24) is 9.38 Å². The van der Waals surface area contributed by atoms with Crippen LogP contribution < -0.4 is 0 Å². The van der Waals surface area contributed by atoms with Gasteiger partial charge in [-0.1, -0.05) is 96.6 Å². The Bertz CT molecular complexity index is 1530. The summed E-state index contributed by atoms with van der Waals surface area (Å²) in [5.74, 6) is 0. The van der Waals surface area contributed by atoms with E-state index in [1.807, 2.05) is 0 Å². The number of benzene rings is 4. The van der Waals surface area contributed by atoms with Gasteiger partial charge in [-0.25, -0.2) is 4.98 Å². The van der Waals surface area contributed by atoms with E-state index < -0.39 is 0 Å². The average Bonchev–Trinajstić information content (AvgIpc) is 3.18. The molecule has 30 heavy (non-hydrogen) atoms. The lowest BCUT2D eigenvalue weighted by molar-refractivity contribution is 1.25. The predicted octanol–water partition coefficient (Wildman–Crippen LogP) is 7.28. The summed E-state index contributed by atoms with van der Waals surface area (Å²) in [5, 5.41) is 2.41. The van der Waals surface area contributed by atoms with Gasteiger partial charge in [0.05, 0.1) is 16.7 Å². The molecule has 0 unspecified atom stereocenters. The Hall–Kier alpha value is -3.91. The number of fused-ring (bicyclic) bond motifs is 5. The van der Waals surface area contributed by atoms with Gasteiger partial charge in [0.15, 0.2) is 0 Å². The number of pyridine rings is 1. The normalized spacial score (nSPS) is 11.5. The highest BCUT2D eigenvalue weighted by atomic mass is 15.0. The molecule has 0 saturated heterocycles. The van der Waals surface area contributed by atoms with E-state index >= 15 is 0 Å². The van der Waals surface area contributed by atoms with E-state index in [2.05, 4.69) is 114 Å². The zero-order valence-electron chi connectivity index (χ0n) is 16.7. The molecule has 0 saturated carbocycles. The molecule has 2 heteroatoms.